The minimum atomic E-state index is -0.741. The Morgan fingerprint density at radius 3 is 2.23 bits per heavy atom. The minimum Gasteiger partial charge on any atom is -0.481 e. The maximum atomic E-state index is 12.5. The van der Waals surface area contributed by atoms with E-state index in [1.807, 2.05) is 11.8 Å². The van der Waals surface area contributed by atoms with E-state index in [1.165, 1.54) is 25.7 Å². The average Bonchev–Trinajstić information content (AvgIpc) is 2.75. The molecule has 1 N–H and O–H groups in total. The second-order valence-corrected chi connectivity index (χ2v) is 6.76. The Kier molecular flexibility index (Phi) is 6.68. The highest BCUT2D eigenvalue weighted by Gasteiger charge is 2.28. The molecule has 22 heavy (non-hydrogen) atoms. The normalized spacial score (nSPS) is 23.0. The van der Waals surface area contributed by atoms with Crippen LogP contribution in [0, 0.1) is 5.92 Å². The predicted molar refractivity (Wildman–Crippen MR) is 83.6 cm³/mol. The van der Waals surface area contributed by atoms with E-state index in [4.69, 9.17) is 9.84 Å². The predicted octanol–water partition coefficient (Wildman–Crippen LogP) is 2.83. The molecule has 1 amide bonds. The summed E-state index contributed by atoms with van der Waals surface area (Å²) in [5, 5.41) is 8.83. The van der Waals surface area contributed by atoms with E-state index < -0.39 is 5.97 Å². The van der Waals surface area contributed by atoms with Crippen LogP contribution in [-0.4, -0.2) is 47.2 Å². The number of carbonyl (C=O) groups excluding carboxylic acids is 1. The summed E-state index contributed by atoms with van der Waals surface area (Å²) in [5.74, 6) is -0.465. The molecule has 2 aliphatic rings. The molecule has 1 aliphatic carbocycles. The van der Waals surface area contributed by atoms with Crippen LogP contribution in [-0.2, 0) is 14.3 Å². The minimum absolute atomic E-state index is 0.0676. The Labute approximate surface area is 133 Å². The zero-order valence-electron chi connectivity index (χ0n) is 13.6. The van der Waals surface area contributed by atoms with Crippen LogP contribution in [0.2, 0.25) is 0 Å². The third kappa shape index (κ3) is 5.27. The maximum absolute atomic E-state index is 12.5. The van der Waals surface area contributed by atoms with E-state index in [0.29, 0.717) is 13.1 Å². The van der Waals surface area contributed by atoms with E-state index in [0.717, 1.165) is 25.7 Å². The summed E-state index contributed by atoms with van der Waals surface area (Å²) >= 11 is 0. The van der Waals surface area contributed by atoms with E-state index in [1.54, 1.807) is 0 Å². The van der Waals surface area contributed by atoms with Crippen LogP contribution in [0.5, 0.6) is 0 Å². The summed E-state index contributed by atoms with van der Waals surface area (Å²) in [7, 11) is 0. The third-order valence-corrected chi connectivity index (χ3v) is 4.94. The Balaban J connectivity index is 1.75. The molecule has 5 nitrogen and oxygen atoms in total. The SMILES string of the molecule is CC(OC1CCCCCC1)C(=O)N1CCC(CC(=O)O)CC1. The second kappa shape index (κ2) is 8.51. The fourth-order valence-electron chi connectivity index (χ4n) is 3.59. The lowest BCUT2D eigenvalue weighted by atomic mass is 9.93. The van der Waals surface area contributed by atoms with Gasteiger partial charge in [-0.3, -0.25) is 9.59 Å². The zero-order chi connectivity index (χ0) is 15.9. The average molecular weight is 311 g/mol. The Hall–Kier alpha value is -1.10. The molecule has 1 unspecified atom stereocenters. The van der Waals surface area contributed by atoms with Crippen molar-refractivity contribution in [2.75, 3.05) is 13.1 Å². The summed E-state index contributed by atoms with van der Waals surface area (Å²) in [6, 6.07) is 0. The van der Waals surface area contributed by atoms with Crippen LogP contribution in [0.4, 0.5) is 0 Å². The van der Waals surface area contributed by atoms with Gasteiger partial charge >= 0.3 is 5.97 Å². The molecule has 0 aromatic rings. The fourth-order valence-corrected chi connectivity index (χ4v) is 3.59. The van der Waals surface area contributed by atoms with Crippen LogP contribution in [0.3, 0.4) is 0 Å². The van der Waals surface area contributed by atoms with Gasteiger partial charge in [-0.1, -0.05) is 25.7 Å². The summed E-state index contributed by atoms with van der Waals surface area (Å²) in [6.07, 6.45) is 8.73. The van der Waals surface area contributed by atoms with Crippen molar-refractivity contribution in [2.24, 2.45) is 5.92 Å². The van der Waals surface area contributed by atoms with Gasteiger partial charge in [-0.05, 0) is 38.5 Å². The summed E-state index contributed by atoms with van der Waals surface area (Å²) in [6.45, 7) is 3.18. The number of aliphatic carboxylic acids is 1. The number of nitrogens with zero attached hydrogens (tertiary/aromatic N) is 1. The molecule has 2 fully saturated rings. The van der Waals surface area contributed by atoms with Crippen LogP contribution in [0.25, 0.3) is 0 Å². The van der Waals surface area contributed by atoms with Gasteiger partial charge in [-0.25, -0.2) is 0 Å². The summed E-state index contributed by atoms with van der Waals surface area (Å²) in [5.41, 5.74) is 0. The zero-order valence-corrected chi connectivity index (χ0v) is 13.6. The summed E-state index contributed by atoms with van der Waals surface area (Å²) < 4.78 is 5.99. The highest BCUT2D eigenvalue weighted by atomic mass is 16.5. The number of carbonyl (C=O) groups is 2. The van der Waals surface area contributed by atoms with E-state index in [2.05, 4.69) is 0 Å². The van der Waals surface area contributed by atoms with Gasteiger partial charge in [0.1, 0.15) is 6.10 Å². The molecule has 1 saturated heterocycles. The molecule has 0 bridgehead atoms. The van der Waals surface area contributed by atoms with Crippen molar-refractivity contribution in [3.63, 3.8) is 0 Å². The number of carboxylic acids is 1. The van der Waals surface area contributed by atoms with Gasteiger partial charge in [0, 0.05) is 19.5 Å². The van der Waals surface area contributed by atoms with Gasteiger partial charge in [0.05, 0.1) is 6.10 Å². The van der Waals surface area contributed by atoms with Crippen molar-refractivity contribution in [1.82, 2.24) is 4.90 Å². The topological polar surface area (TPSA) is 66.8 Å². The van der Waals surface area contributed by atoms with Gasteiger partial charge in [0.2, 0.25) is 0 Å². The van der Waals surface area contributed by atoms with Crippen molar-refractivity contribution in [3.05, 3.63) is 0 Å². The number of amides is 1. The lowest BCUT2D eigenvalue weighted by Crippen LogP contribution is -2.44. The largest absolute Gasteiger partial charge is 0.481 e. The van der Waals surface area contributed by atoms with Crippen LogP contribution < -0.4 is 0 Å². The van der Waals surface area contributed by atoms with E-state index >= 15 is 0 Å². The number of likely N-dealkylation sites (tertiary alicyclic amines) is 1. The van der Waals surface area contributed by atoms with Crippen molar-refractivity contribution in [3.8, 4) is 0 Å². The number of ether oxygens (including phenoxy) is 1. The number of rotatable bonds is 5. The third-order valence-electron chi connectivity index (χ3n) is 4.94. The summed E-state index contributed by atoms with van der Waals surface area (Å²) in [4.78, 5) is 25.1. The molecule has 5 heteroatoms. The molecular formula is C17H29NO4. The molecule has 2 rings (SSSR count). The molecule has 0 radical (unpaired) electrons. The smallest absolute Gasteiger partial charge is 0.303 e. The molecule has 1 aliphatic heterocycles. The first kappa shape index (κ1) is 17.3. The van der Waals surface area contributed by atoms with E-state index in [9.17, 15) is 9.59 Å². The molecule has 0 spiro atoms. The molecule has 0 aromatic carbocycles. The number of carboxylic acid groups (broad SMARTS) is 1. The van der Waals surface area contributed by atoms with Gasteiger partial charge in [0.25, 0.3) is 5.91 Å². The van der Waals surface area contributed by atoms with Crippen molar-refractivity contribution in [2.45, 2.75) is 76.9 Å². The van der Waals surface area contributed by atoms with Gasteiger partial charge < -0.3 is 14.7 Å². The molecule has 1 atom stereocenters. The standard InChI is InChI=1S/C17H29NO4/c1-13(22-15-6-4-2-3-5-7-15)17(21)18-10-8-14(9-11-18)12-16(19)20/h13-15H,2-12H2,1H3,(H,19,20). The molecule has 1 saturated carbocycles. The van der Waals surface area contributed by atoms with Crippen LogP contribution in [0.15, 0.2) is 0 Å². The van der Waals surface area contributed by atoms with Crippen molar-refractivity contribution in [1.29, 1.82) is 0 Å². The monoisotopic (exact) mass is 311 g/mol. The van der Waals surface area contributed by atoms with Crippen LogP contribution >= 0.6 is 0 Å². The maximum Gasteiger partial charge on any atom is 0.303 e. The first-order chi connectivity index (χ1) is 10.6. The molecule has 126 valence electrons. The highest BCUT2D eigenvalue weighted by molar-refractivity contribution is 5.80. The second-order valence-electron chi connectivity index (χ2n) is 6.76. The molecule has 0 aromatic heterocycles. The molecule has 1 heterocycles. The first-order valence-electron chi connectivity index (χ1n) is 8.72. The first-order valence-corrected chi connectivity index (χ1v) is 8.72. The fraction of sp³-hybridized carbons (Fsp3) is 0.882. The van der Waals surface area contributed by atoms with Gasteiger partial charge in [-0.2, -0.15) is 0 Å². The Morgan fingerprint density at radius 1 is 1.09 bits per heavy atom. The van der Waals surface area contributed by atoms with E-state index in [-0.39, 0.29) is 30.5 Å². The highest BCUT2D eigenvalue weighted by Crippen LogP contribution is 2.24. The number of piperidine rings is 1. The van der Waals surface area contributed by atoms with Crippen LogP contribution in [0.1, 0.15) is 64.7 Å². The Morgan fingerprint density at radius 2 is 1.68 bits per heavy atom. The lowest BCUT2D eigenvalue weighted by molar-refractivity contribution is -0.148. The van der Waals surface area contributed by atoms with Crippen molar-refractivity contribution >= 4 is 11.9 Å². The quantitative estimate of drug-likeness (QED) is 0.793. The molecular weight excluding hydrogens is 282 g/mol. The van der Waals surface area contributed by atoms with Crippen molar-refractivity contribution < 1.29 is 19.4 Å². The van der Waals surface area contributed by atoms with Gasteiger partial charge in [-0.15, -0.1) is 0 Å². The lowest BCUT2D eigenvalue weighted by Gasteiger charge is -2.33. The van der Waals surface area contributed by atoms with Gasteiger partial charge in [0.15, 0.2) is 0 Å². The Bertz CT molecular complexity index is 369. The number of hydrogen-bond acceptors (Lipinski definition) is 3. The number of hydrogen-bond donors (Lipinski definition) is 1.